The number of nitrogens with zero attached hydrogens (tertiary/aromatic N) is 2. The highest BCUT2D eigenvalue weighted by molar-refractivity contribution is 5.79. The maximum absolute atomic E-state index is 13.7. The van der Waals surface area contributed by atoms with E-state index in [0.29, 0.717) is 25.8 Å². The summed E-state index contributed by atoms with van der Waals surface area (Å²) >= 11 is 0. The molecule has 0 spiro atoms. The molecule has 6 heteroatoms. The van der Waals surface area contributed by atoms with Crippen LogP contribution in [0.5, 0.6) is 0 Å². The number of guanidine groups is 1. The van der Waals surface area contributed by atoms with Crippen LogP contribution in [-0.4, -0.2) is 56.8 Å². The minimum atomic E-state index is -0.201. The van der Waals surface area contributed by atoms with Gasteiger partial charge in [-0.05, 0) is 31.0 Å². The van der Waals surface area contributed by atoms with E-state index in [1.807, 2.05) is 6.07 Å². The zero-order valence-electron chi connectivity index (χ0n) is 14.9. The summed E-state index contributed by atoms with van der Waals surface area (Å²) in [6.45, 7) is 8.05. The third kappa shape index (κ3) is 5.46. The first kappa shape index (κ1) is 18.7. The maximum atomic E-state index is 13.7. The molecule has 1 aliphatic rings. The Labute approximate surface area is 144 Å². The van der Waals surface area contributed by atoms with E-state index in [0.717, 1.165) is 31.0 Å². The van der Waals surface area contributed by atoms with E-state index in [1.54, 1.807) is 19.2 Å². The van der Waals surface area contributed by atoms with Gasteiger partial charge in [-0.25, -0.2) is 4.39 Å². The molecule has 1 fully saturated rings. The molecular weight excluding hydrogens is 307 g/mol. The number of benzene rings is 1. The van der Waals surface area contributed by atoms with Crippen molar-refractivity contribution < 1.29 is 9.13 Å². The zero-order valence-corrected chi connectivity index (χ0v) is 14.9. The minimum Gasteiger partial charge on any atom is -0.379 e. The lowest BCUT2D eigenvalue weighted by Crippen LogP contribution is -2.47. The number of aliphatic imine (C=N–C) groups is 1. The molecule has 0 radical (unpaired) electrons. The van der Waals surface area contributed by atoms with Gasteiger partial charge in [0.05, 0.1) is 19.3 Å². The number of ether oxygens (including phenoxy) is 1. The molecule has 0 bridgehead atoms. The van der Waals surface area contributed by atoms with Crippen LogP contribution < -0.4 is 10.6 Å². The Balaban J connectivity index is 2.08. The van der Waals surface area contributed by atoms with Crippen LogP contribution in [-0.2, 0) is 4.74 Å². The van der Waals surface area contributed by atoms with Gasteiger partial charge in [0.2, 0.25) is 0 Å². The smallest absolute Gasteiger partial charge is 0.191 e. The Bertz CT molecular complexity index is 532. The van der Waals surface area contributed by atoms with Crippen LogP contribution in [0, 0.1) is 5.82 Å². The molecule has 5 nitrogen and oxygen atoms in total. The predicted molar refractivity (Wildman–Crippen MR) is 95.8 cm³/mol. The topological polar surface area (TPSA) is 48.9 Å². The Morgan fingerprint density at radius 2 is 2.12 bits per heavy atom. The summed E-state index contributed by atoms with van der Waals surface area (Å²) in [6, 6.07) is 7.29. The fourth-order valence-electron chi connectivity index (χ4n) is 2.78. The van der Waals surface area contributed by atoms with Gasteiger partial charge < -0.3 is 15.4 Å². The lowest BCUT2D eigenvalue weighted by atomic mass is 10.0. The van der Waals surface area contributed by atoms with Crippen molar-refractivity contribution >= 4 is 5.96 Å². The second kappa shape index (κ2) is 9.59. The quantitative estimate of drug-likeness (QED) is 0.617. The Morgan fingerprint density at radius 3 is 2.75 bits per heavy atom. The van der Waals surface area contributed by atoms with Gasteiger partial charge in [-0.3, -0.25) is 9.89 Å². The predicted octanol–water partition coefficient (Wildman–Crippen LogP) is 2.16. The van der Waals surface area contributed by atoms with Gasteiger partial charge in [-0.2, -0.15) is 0 Å². The molecule has 2 N–H and O–H groups in total. The van der Waals surface area contributed by atoms with Gasteiger partial charge in [-0.1, -0.05) is 19.1 Å². The van der Waals surface area contributed by atoms with E-state index < -0.39 is 0 Å². The minimum absolute atomic E-state index is 0.0834. The van der Waals surface area contributed by atoms with E-state index >= 15 is 0 Å². The van der Waals surface area contributed by atoms with Crippen molar-refractivity contribution in [1.82, 2.24) is 15.5 Å². The molecule has 1 heterocycles. The number of nitrogens with one attached hydrogen (secondary N) is 2. The second-order valence-electron chi connectivity index (χ2n) is 6.13. The lowest BCUT2D eigenvalue weighted by molar-refractivity contribution is 0.0169. The Kier molecular flexibility index (Phi) is 7.46. The van der Waals surface area contributed by atoms with E-state index in [-0.39, 0.29) is 11.9 Å². The van der Waals surface area contributed by atoms with Crippen molar-refractivity contribution in [3.8, 4) is 0 Å². The van der Waals surface area contributed by atoms with Gasteiger partial charge in [-0.15, -0.1) is 0 Å². The van der Waals surface area contributed by atoms with Crippen molar-refractivity contribution in [3.63, 3.8) is 0 Å². The molecule has 1 aliphatic heterocycles. The summed E-state index contributed by atoms with van der Waals surface area (Å²) in [5.41, 5.74) is 0.975. The SMILES string of the molecule is CCC(C)NC(=NC)NCC(c1cccc(F)c1)N1CCOCC1. The molecule has 0 aromatic heterocycles. The van der Waals surface area contributed by atoms with Gasteiger partial charge in [0.25, 0.3) is 0 Å². The molecule has 134 valence electrons. The highest BCUT2D eigenvalue weighted by atomic mass is 19.1. The first-order chi connectivity index (χ1) is 11.6. The highest BCUT2D eigenvalue weighted by Crippen LogP contribution is 2.22. The van der Waals surface area contributed by atoms with Crippen LogP contribution >= 0.6 is 0 Å². The maximum Gasteiger partial charge on any atom is 0.191 e. The average Bonchev–Trinajstić information content (AvgIpc) is 2.61. The average molecular weight is 336 g/mol. The van der Waals surface area contributed by atoms with Crippen LogP contribution in [0.2, 0.25) is 0 Å². The Hall–Kier alpha value is -1.66. The third-order valence-electron chi connectivity index (χ3n) is 4.40. The largest absolute Gasteiger partial charge is 0.379 e. The second-order valence-corrected chi connectivity index (χ2v) is 6.13. The fraction of sp³-hybridized carbons (Fsp3) is 0.611. The van der Waals surface area contributed by atoms with Crippen LogP contribution in [0.25, 0.3) is 0 Å². The van der Waals surface area contributed by atoms with Crippen molar-refractivity contribution in [1.29, 1.82) is 0 Å². The first-order valence-electron chi connectivity index (χ1n) is 8.68. The number of rotatable bonds is 6. The van der Waals surface area contributed by atoms with Crippen molar-refractivity contribution in [2.24, 2.45) is 4.99 Å². The van der Waals surface area contributed by atoms with Crippen LogP contribution in [0.1, 0.15) is 31.9 Å². The third-order valence-corrected chi connectivity index (χ3v) is 4.40. The normalized spacial score (nSPS) is 18.9. The monoisotopic (exact) mass is 336 g/mol. The zero-order chi connectivity index (χ0) is 17.4. The summed E-state index contributed by atoms with van der Waals surface area (Å²) in [4.78, 5) is 6.62. The van der Waals surface area contributed by atoms with Crippen molar-refractivity contribution in [2.75, 3.05) is 39.9 Å². The van der Waals surface area contributed by atoms with Gasteiger partial charge >= 0.3 is 0 Å². The van der Waals surface area contributed by atoms with Gasteiger partial charge in [0, 0.05) is 32.7 Å². The molecule has 0 amide bonds. The first-order valence-corrected chi connectivity index (χ1v) is 8.68. The van der Waals surface area contributed by atoms with E-state index in [1.165, 1.54) is 6.07 Å². The fourth-order valence-corrected chi connectivity index (χ4v) is 2.78. The molecule has 0 aliphatic carbocycles. The van der Waals surface area contributed by atoms with E-state index in [2.05, 4.69) is 34.4 Å². The van der Waals surface area contributed by atoms with Gasteiger partial charge in [0.15, 0.2) is 5.96 Å². The summed E-state index contributed by atoms with van der Waals surface area (Å²) < 4.78 is 19.1. The number of morpholine rings is 1. The lowest BCUT2D eigenvalue weighted by Gasteiger charge is -2.35. The Morgan fingerprint density at radius 1 is 1.38 bits per heavy atom. The molecular formula is C18H29FN4O. The van der Waals surface area contributed by atoms with Crippen LogP contribution in [0.15, 0.2) is 29.3 Å². The molecule has 24 heavy (non-hydrogen) atoms. The summed E-state index contributed by atoms with van der Waals surface area (Å²) in [6.07, 6.45) is 1.03. The molecule has 1 saturated heterocycles. The molecule has 2 unspecified atom stereocenters. The summed E-state index contributed by atoms with van der Waals surface area (Å²) in [7, 11) is 1.77. The van der Waals surface area contributed by atoms with Crippen LogP contribution in [0.3, 0.4) is 0 Å². The van der Waals surface area contributed by atoms with Crippen LogP contribution in [0.4, 0.5) is 4.39 Å². The molecule has 0 saturated carbocycles. The van der Waals surface area contributed by atoms with E-state index in [9.17, 15) is 4.39 Å². The number of halogens is 1. The number of hydrogen-bond donors (Lipinski definition) is 2. The standard InChI is InChI=1S/C18H29FN4O/c1-4-14(2)22-18(20-3)21-13-17(23-8-10-24-11-9-23)15-6-5-7-16(19)12-15/h5-7,12,14,17H,4,8-11,13H2,1-3H3,(H2,20,21,22). The van der Waals surface area contributed by atoms with Gasteiger partial charge in [0.1, 0.15) is 5.82 Å². The number of hydrogen-bond acceptors (Lipinski definition) is 3. The summed E-state index contributed by atoms with van der Waals surface area (Å²) in [5, 5.41) is 6.74. The van der Waals surface area contributed by atoms with Crippen molar-refractivity contribution in [2.45, 2.75) is 32.4 Å². The van der Waals surface area contributed by atoms with E-state index in [4.69, 9.17) is 4.74 Å². The summed E-state index contributed by atoms with van der Waals surface area (Å²) in [5.74, 6) is 0.576. The molecule has 2 atom stereocenters. The van der Waals surface area contributed by atoms with Crippen molar-refractivity contribution in [3.05, 3.63) is 35.6 Å². The molecule has 1 aromatic rings. The molecule has 2 rings (SSSR count). The molecule has 1 aromatic carbocycles. The highest BCUT2D eigenvalue weighted by Gasteiger charge is 2.23.